The van der Waals surface area contributed by atoms with E-state index in [1.54, 1.807) is 0 Å². The molecule has 0 aliphatic carbocycles. The number of Topliss-reactive ketones (excluding diaryl/α,β-unsaturated/α-hetero) is 1. The first-order chi connectivity index (χ1) is 5.60. The molecule has 1 unspecified atom stereocenters. The van der Waals surface area contributed by atoms with Gasteiger partial charge in [0, 0.05) is 6.54 Å². The molecule has 0 aromatic carbocycles. The SMILES string of the molecule is NCC(C(=O)C(F)(F)F)S(=O)(=O)O.[Cl-]. The lowest BCUT2D eigenvalue weighted by molar-refractivity contribution is -0.170. The molecular formula is C4H6ClF3NO4S-. The zero-order valence-corrected chi connectivity index (χ0v) is 8.03. The number of hydrogen-bond acceptors (Lipinski definition) is 4. The van der Waals surface area contributed by atoms with Gasteiger partial charge in [-0.15, -0.1) is 0 Å². The van der Waals surface area contributed by atoms with E-state index >= 15 is 0 Å². The molecule has 10 heteroatoms. The van der Waals surface area contributed by atoms with Crippen molar-refractivity contribution in [1.29, 1.82) is 0 Å². The Morgan fingerprint density at radius 1 is 1.43 bits per heavy atom. The molecule has 0 spiro atoms. The Morgan fingerprint density at radius 2 is 1.79 bits per heavy atom. The fraction of sp³-hybridized carbons (Fsp3) is 0.750. The maximum absolute atomic E-state index is 11.6. The van der Waals surface area contributed by atoms with Crippen molar-refractivity contribution in [2.24, 2.45) is 5.73 Å². The molecule has 0 bridgehead atoms. The minimum absolute atomic E-state index is 0. The van der Waals surface area contributed by atoms with Gasteiger partial charge in [-0.05, 0) is 0 Å². The summed E-state index contributed by atoms with van der Waals surface area (Å²) in [5, 5.41) is -2.63. The number of carbonyl (C=O) groups excluding carboxylic acids is 1. The van der Waals surface area contributed by atoms with E-state index < -0.39 is 33.9 Å². The van der Waals surface area contributed by atoms with Gasteiger partial charge in [-0.1, -0.05) is 0 Å². The molecule has 86 valence electrons. The summed E-state index contributed by atoms with van der Waals surface area (Å²) in [7, 11) is -5.09. The molecule has 0 aliphatic rings. The van der Waals surface area contributed by atoms with Crippen molar-refractivity contribution in [3.8, 4) is 0 Å². The fourth-order valence-corrected chi connectivity index (χ4v) is 1.19. The van der Waals surface area contributed by atoms with Gasteiger partial charge in [0.2, 0.25) is 0 Å². The molecule has 0 heterocycles. The predicted molar refractivity (Wildman–Crippen MR) is 35.5 cm³/mol. The lowest BCUT2D eigenvalue weighted by Gasteiger charge is -2.11. The van der Waals surface area contributed by atoms with Gasteiger partial charge in [0.25, 0.3) is 15.9 Å². The maximum Gasteiger partial charge on any atom is 0.451 e. The van der Waals surface area contributed by atoms with Gasteiger partial charge in [-0.2, -0.15) is 21.6 Å². The van der Waals surface area contributed by atoms with E-state index in [2.05, 4.69) is 5.73 Å². The van der Waals surface area contributed by atoms with Crippen LogP contribution >= 0.6 is 0 Å². The Kier molecular flexibility index (Phi) is 5.64. The van der Waals surface area contributed by atoms with Crippen molar-refractivity contribution >= 4 is 15.9 Å². The Labute approximate surface area is 83.6 Å². The van der Waals surface area contributed by atoms with Crippen molar-refractivity contribution in [3.05, 3.63) is 0 Å². The van der Waals surface area contributed by atoms with E-state index in [9.17, 15) is 26.4 Å². The third-order valence-electron chi connectivity index (χ3n) is 1.15. The summed E-state index contributed by atoms with van der Waals surface area (Å²) in [5.41, 5.74) is 4.60. The van der Waals surface area contributed by atoms with Gasteiger partial charge < -0.3 is 18.1 Å². The molecule has 5 nitrogen and oxygen atoms in total. The topological polar surface area (TPSA) is 97.5 Å². The zero-order valence-electron chi connectivity index (χ0n) is 6.45. The monoisotopic (exact) mass is 256 g/mol. The standard InChI is InChI=1S/C4H6F3NO4S.ClH/c5-4(6,7)3(9)2(1-8)13(10,11)12;/h2H,1,8H2,(H,10,11,12);1H/p-1. The Morgan fingerprint density at radius 3 is 1.86 bits per heavy atom. The molecular weight excluding hydrogens is 251 g/mol. The average molecular weight is 257 g/mol. The lowest BCUT2D eigenvalue weighted by Crippen LogP contribution is -3.00. The molecule has 0 fully saturated rings. The highest BCUT2D eigenvalue weighted by Crippen LogP contribution is 2.20. The van der Waals surface area contributed by atoms with Crippen LogP contribution in [0.2, 0.25) is 0 Å². The fourth-order valence-electron chi connectivity index (χ4n) is 0.546. The molecule has 0 aromatic rings. The minimum Gasteiger partial charge on any atom is -1.00 e. The minimum atomic E-state index is -5.32. The molecule has 0 amide bonds. The normalized spacial score (nSPS) is 14.4. The second-order valence-electron chi connectivity index (χ2n) is 2.10. The Bertz CT molecular complexity index is 300. The lowest BCUT2D eigenvalue weighted by atomic mass is 10.3. The van der Waals surface area contributed by atoms with E-state index in [1.165, 1.54) is 0 Å². The van der Waals surface area contributed by atoms with Crippen molar-refractivity contribution in [3.63, 3.8) is 0 Å². The Balaban J connectivity index is 0. The molecule has 0 aromatic heterocycles. The molecule has 1 atom stereocenters. The number of halogens is 4. The van der Waals surface area contributed by atoms with Crippen LogP contribution in [0.4, 0.5) is 13.2 Å². The molecule has 0 saturated heterocycles. The summed E-state index contributed by atoms with van der Waals surface area (Å²) in [5.74, 6) is -2.57. The second kappa shape index (κ2) is 4.91. The molecule has 0 rings (SSSR count). The van der Waals surface area contributed by atoms with Crippen LogP contribution in [0.3, 0.4) is 0 Å². The van der Waals surface area contributed by atoms with Crippen LogP contribution < -0.4 is 18.1 Å². The van der Waals surface area contributed by atoms with Crippen LogP contribution in [0.1, 0.15) is 0 Å². The molecule has 14 heavy (non-hydrogen) atoms. The highest BCUT2D eigenvalue weighted by Gasteiger charge is 2.47. The quantitative estimate of drug-likeness (QED) is 0.507. The van der Waals surface area contributed by atoms with E-state index in [1.807, 2.05) is 0 Å². The summed E-state index contributed by atoms with van der Waals surface area (Å²) in [6, 6.07) is 0. The van der Waals surface area contributed by atoms with Gasteiger partial charge in [-0.3, -0.25) is 9.35 Å². The predicted octanol–water partition coefficient (Wildman–Crippen LogP) is -3.66. The van der Waals surface area contributed by atoms with Crippen LogP contribution in [0.15, 0.2) is 0 Å². The van der Waals surface area contributed by atoms with Crippen molar-refractivity contribution in [2.75, 3.05) is 6.54 Å². The highest BCUT2D eigenvalue weighted by atomic mass is 35.5. The van der Waals surface area contributed by atoms with E-state index in [0.29, 0.717) is 0 Å². The molecule has 3 N–H and O–H groups in total. The summed E-state index contributed by atoms with van der Waals surface area (Å²) in [6.45, 7) is -1.11. The van der Waals surface area contributed by atoms with Crippen LogP contribution in [0.25, 0.3) is 0 Å². The van der Waals surface area contributed by atoms with Crippen LogP contribution in [0.5, 0.6) is 0 Å². The molecule has 0 radical (unpaired) electrons. The van der Waals surface area contributed by atoms with Crippen molar-refractivity contribution in [2.45, 2.75) is 11.4 Å². The maximum atomic E-state index is 11.6. The van der Waals surface area contributed by atoms with E-state index in [0.717, 1.165) is 0 Å². The van der Waals surface area contributed by atoms with Gasteiger partial charge in [0.15, 0.2) is 5.25 Å². The molecule has 0 aliphatic heterocycles. The summed E-state index contributed by atoms with van der Waals surface area (Å²) < 4.78 is 63.5. The average Bonchev–Trinajstić information content (AvgIpc) is 1.83. The third-order valence-corrected chi connectivity index (χ3v) is 2.27. The summed E-state index contributed by atoms with van der Waals surface area (Å²) in [6.07, 6.45) is -5.32. The third kappa shape index (κ3) is 4.22. The van der Waals surface area contributed by atoms with Gasteiger partial charge >= 0.3 is 6.18 Å². The van der Waals surface area contributed by atoms with Gasteiger partial charge in [0.1, 0.15) is 0 Å². The first kappa shape index (κ1) is 16.1. The number of nitrogens with two attached hydrogens (primary N) is 1. The highest BCUT2D eigenvalue weighted by molar-refractivity contribution is 7.87. The number of hydrogen-bond donors (Lipinski definition) is 2. The van der Waals surface area contributed by atoms with E-state index in [-0.39, 0.29) is 12.4 Å². The number of rotatable bonds is 3. The van der Waals surface area contributed by atoms with Crippen LogP contribution in [-0.4, -0.2) is 36.7 Å². The number of carbonyl (C=O) groups is 1. The van der Waals surface area contributed by atoms with Crippen LogP contribution in [0, 0.1) is 0 Å². The largest absolute Gasteiger partial charge is 1.00 e. The van der Waals surface area contributed by atoms with Gasteiger partial charge in [0.05, 0.1) is 0 Å². The Hall–Kier alpha value is -0.380. The first-order valence-corrected chi connectivity index (χ1v) is 4.38. The van der Waals surface area contributed by atoms with E-state index in [4.69, 9.17) is 4.55 Å². The molecule has 0 saturated carbocycles. The number of alkyl halides is 3. The zero-order chi connectivity index (χ0) is 10.9. The summed E-state index contributed by atoms with van der Waals surface area (Å²) in [4.78, 5) is 10.3. The smallest absolute Gasteiger partial charge is 0.451 e. The second-order valence-corrected chi connectivity index (χ2v) is 3.70. The first-order valence-electron chi connectivity index (χ1n) is 2.88. The van der Waals surface area contributed by atoms with Crippen molar-refractivity contribution < 1.29 is 43.3 Å². The van der Waals surface area contributed by atoms with Crippen molar-refractivity contribution in [1.82, 2.24) is 0 Å². The van der Waals surface area contributed by atoms with Gasteiger partial charge in [-0.25, -0.2) is 0 Å². The van der Waals surface area contributed by atoms with Crippen LogP contribution in [-0.2, 0) is 14.9 Å². The summed E-state index contributed by atoms with van der Waals surface area (Å²) >= 11 is 0. The number of ketones is 1.